The van der Waals surface area contributed by atoms with Crippen molar-refractivity contribution in [3.05, 3.63) is 59.6 Å². The zero-order valence-electron chi connectivity index (χ0n) is 15.2. The molecule has 0 fully saturated rings. The van der Waals surface area contributed by atoms with E-state index in [4.69, 9.17) is 4.74 Å². The fourth-order valence-electron chi connectivity index (χ4n) is 3.14. The molecule has 1 aromatic carbocycles. The first-order valence-corrected chi connectivity index (χ1v) is 9.51. The summed E-state index contributed by atoms with van der Waals surface area (Å²) in [4.78, 5) is 12.8. The van der Waals surface area contributed by atoms with Gasteiger partial charge in [-0.05, 0) is 42.8 Å². The van der Waals surface area contributed by atoms with Crippen molar-refractivity contribution in [2.45, 2.75) is 19.7 Å². The van der Waals surface area contributed by atoms with Gasteiger partial charge in [0.05, 0.1) is 5.52 Å². The van der Waals surface area contributed by atoms with Crippen LogP contribution in [0.1, 0.15) is 17.1 Å². The number of benzene rings is 1. The summed E-state index contributed by atoms with van der Waals surface area (Å²) in [5.41, 5.74) is 0.480. The smallest absolute Gasteiger partial charge is 0.433 e. The van der Waals surface area contributed by atoms with Gasteiger partial charge >= 0.3 is 6.18 Å². The van der Waals surface area contributed by atoms with Crippen LogP contribution in [0.15, 0.2) is 36.7 Å². The van der Waals surface area contributed by atoms with Gasteiger partial charge < -0.3 is 4.74 Å². The van der Waals surface area contributed by atoms with Gasteiger partial charge in [0.1, 0.15) is 39.7 Å². The van der Waals surface area contributed by atoms with Crippen LogP contribution in [0.5, 0.6) is 5.75 Å². The first-order valence-electron chi connectivity index (χ1n) is 8.69. The Balaban J connectivity index is 1.58. The number of fused-ring (bicyclic) bond motifs is 5. The van der Waals surface area contributed by atoms with E-state index in [1.807, 2.05) is 0 Å². The second kappa shape index (κ2) is 6.59. The van der Waals surface area contributed by atoms with Crippen molar-refractivity contribution in [3.63, 3.8) is 0 Å². The van der Waals surface area contributed by atoms with Crippen molar-refractivity contribution in [1.29, 1.82) is 0 Å². The van der Waals surface area contributed by atoms with Crippen LogP contribution in [0.4, 0.5) is 17.6 Å². The molecular weight excluding hydrogens is 422 g/mol. The lowest BCUT2D eigenvalue weighted by Gasteiger charge is -2.06. The molecule has 30 heavy (non-hydrogen) atoms. The maximum absolute atomic E-state index is 13.1. The number of thiophene rings is 1. The van der Waals surface area contributed by atoms with E-state index in [9.17, 15) is 17.6 Å². The molecule has 0 radical (unpaired) electrons. The van der Waals surface area contributed by atoms with Gasteiger partial charge in [0.25, 0.3) is 0 Å². The molecule has 0 amide bonds. The van der Waals surface area contributed by atoms with Gasteiger partial charge in [-0.1, -0.05) is 0 Å². The van der Waals surface area contributed by atoms with Crippen molar-refractivity contribution >= 4 is 37.4 Å². The third kappa shape index (κ3) is 3.11. The van der Waals surface area contributed by atoms with E-state index in [0.29, 0.717) is 38.4 Å². The molecule has 5 rings (SSSR count). The standard InChI is InChI=1S/C19H11F4N5OS/c1-9-6-12(19(21,22)23)25-18-14(9)15-16(30-18)17-26-13(27-28(17)8-24-15)7-29-11-4-2-10(20)3-5-11/h2-6,8H,7H2,1H3. The Labute approximate surface area is 169 Å². The van der Waals surface area contributed by atoms with E-state index in [-0.39, 0.29) is 17.3 Å². The molecule has 0 saturated carbocycles. The fraction of sp³-hybridized carbons (Fsp3) is 0.158. The Morgan fingerprint density at radius 3 is 2.63 bits per heavy atom. The predicted octanol–water partition coefficient (Wildman–Crippen LogP) is 4.93. The van der Waals surface area contributed by atoms with Gasteiger partial charge in [-0.3, -0.25) is 0 Å². The summed E-state index contributed by atoms with van der Waals surface area (Å²) in [6, 6.07) is 6.56. The minimum Gasteiger partial charge on any atom is -0.486 e. The lowest BCUT2D eigenvalue weighted by molar-refractivity contribution is -0.141. The van der Waals surface area contributed by atoms with Gasteiger partial charge in [0.2, 0.25) is 0 Å². The average Bonchev–Trinajstić information content (AvgIpc) is 3.27. The van der Waals surface area contributed by atoms with Crippen LogP contribution < -0.4 is 4.74 Å². The summed E-state index contributed by atoms with van der Waals surface area (Å²) >= 11 is 1.09. The lowest BCUT2D eigenvalue weighted by atomic mass is 10.1. The maximum Gasteiger partial charge on any atom is 0.433 e. The number of aryl methyl sites for hydroxylation is 1. The number of aromatic nitrogens is 5. The SMILES string of the molecule is Cc1cc(C(F)(F)F)nc2sc3c(ncn4nc(COc5ccc(F)cc5)nc34)c12. The summed E-state index contributed by atoms with van der Waals surface area (Å²) in [6.45, 7) is 1.64. The molecule has 0 atom stereocenters. The van der Waals surface area contributed by atoms with Crippen molar-refractivity contribution in [3.8, 4) is 5.75 Å². The number of rotatable bonds is 3. The summed E-state index contributed by atoms with van der Waals surface area (Å²) in [6.07, 6.45) is -3.08. The van der Waals surface area contributed by atoms with E-state index in [2.05, 4.69) is 20.1 Å². The molecule has 4 aromatic heterocycles. The van der Waals surface area contributed by atoms with Crippen LogP contribution >= 0.6 is 11.3 Å². The molecule has 0 aliphatic rings. The van der Waals surface area contributed by atoms with Crippen LogP contribution in [0, 0.1) is 12.7 Å². The normalized spacial score (nSPS) is 12.3. The van der Waals surface area contributed by atoms with Crippen LogP contribution in [0.3, 0.4) is 0 Å². The Morgan fingerprint density at radius 1 is 1.13 bits per heavy atom. The second-order valence-electron chi connectivity index (χ2n) is 6.57. The van der Waals surface area contributed by atoms with Crippen LogP contribution in [0.2, 0.25) is 0 Å². The van der Waals surface area contributed by atoms with Crippen molar-refractivity contribution in [2.75, 3.05) is 0 Å². The van der Waals surface area contributed by atoms with E-state index in [1.54, 1.807) is 6.92 Å². The number of pyridine rings is 1. The average molecular weight is 433 g/mol. The third-order valence-electron chi connectivity index (χ3n) is 4.48. The highest BCUT2D eigenvalue weighted by Gasteiger charge is 2.33. The molecule has 0 unspecified atom stereocenters. The molecule has 152 valence electrons. The van der Waals surface area contributed by atoms with Crippen LogP contribution in [-0.2, 0) is 12.8 Å². The molecule has 0 spiro atoms. The fourth-order valence-corrected chi connectivity index (χ4v) is 4.32. The monoisotopic (exact) mass is 433 g/mol. The second-order valence-corrected chi connectivity index (χ2v) is 7.56. The maximum atomic E-state index is 13.1. The minimum absolute atomic E-state index is 0.0369. The number of alkyl halides is 3. The minimum atomic E-state index is -4.53. The zero-order chi connectivity index (χ0) is 21.0. The van der Waals surface area contributed by atoms with Crippen LogP contribution in [0.25, 0.3) is 26.1 Å². The first kappa shape index (κ1) is 18.7. The molecule has 0 bridgehead atoms. The summed E-state index contributed by atoms with van der Waals surface area (Å²) in [5, 5.41) is 4.86. The summed E-state index contributed by atoms with van der Waals surface area (Å²) in [5.74, 6) is 0.440. The van der Waals surface area contributed by atoms with Gasteiger partial charge in [-0.25, -0.2) is 23.9 Å². The largest absolute Gasteiger partial charge is 0.486 e. The highest BCUT2D eigenvalue weighted by molar-refractivity contribution is 7.26. The number of halogens is 4. The molecule has 6 nitrogen and oxygen atoms in total. The molecule has 5 aromatic rings. The lowest BCUT2D eigenvalue weighted by Crippen LogP contribution is -2.07. The Bertz CT molecular complexity index is 1410. The van der Waals surface area contributed by atoms with Crippen LogP contribution in [-0.4, -0.2) is 24.6 Å². The van der Waals surface area contributed by atoms with Crippen molar-refractivity contribution in [2.24, 2.45) is 0 Å². The van der Waals surface area contributed by atoms with Crippen molar-refractivity contribution < 1.29 is 22.3 Å². The first-order chi connectivity index (χ1) is 14.3. The summed E-state index contributed by atoms with van der Waals surface area (Å²) in [7, 11) is 0. The molecule has 0 aliphatic carbocycles. The topological polar surface area (TPSA) is 65.2 Å². The third-order valence-corrected chi connectivity index (χ3v) is 5.55. The summed E-state index contributed by atoms with van der Waals surface area (Å²) < 4.78 is 59.9. The predicted molar refractivity (Wildman–Crippen MR) is 102 cm³/mol. The number of nitrogens with zero attached hydrogens (tertiary/aromatic N) is 5. The molecule has 0 N–H and O–H groups in total. The quantitative estimate of drug-likeness (QED) is 0.378. The molecule has 0 saturated heterocycles. The van der Waals surface area contributed by atoms with E-state index < -0.39 is 11.9 Å². The van der Waals surface area contributed by atoms with E-state index >= 15 is 0 Å². The van der Waals surface area contributed by atoms with Gasteiger partial charge in [0.15, 0.2) is 11.5 Å². The molecule has 4 heterocycles. The highest BCUT2D eigenvalue weighted by atomic mass is 32.1. The van der Waals surface area contributed by atoms with Gasteiger partial charge in [0, 0.05) is 5.39 Å². The number of hydrogen-bond donors (Lipinski definition) is 0. The van der Waals surface area contributed by atoms with E-state index in [0.717, 1.165) is 17.4 Å². The molecular formula is C19H11F4N5OS. The highest BCUT2D eigenvalue weighted by Crippen LogP contribution is 2.38. The van der Waals surface area contributed by atoms with Gasteiger partial charge in [-0.2, -0.15) is 13.2 Å². The van der Waals surface area contributed by atoms with Gasteiger partial charge in [-0.15, -0.1) is 16.4 Å². The molecule has 11 heteroatoms. The van der Waals surface area contributed by atoms with E-state index in [1.165, 1.54) is 35.1 Å². The Hall–Kier alpha value is -3.34. The van der Waals surface area contributed by atoms with Crippen molar-refractivity contribution in [1.82, 2.24) is 24.6 Å². The zero-order valence-corrected chi connectivity index (χ0v) is 16.1. The number of hydrogen-bond acceptors (Lipinski definition) is 6. The Kier molecular flexibility index (Phi) is 4.10. The molecule has 0 aliphatic heterocycles. The Morgan fingerprint density at radius 2 is 1.90 bits per heavy atom. The number of ether oxygens (including phenoxy) is 1.